The van der Waals surface area contributed by atoms with Crippen LogP contribution in [0.25, 0.3) is 0 Å². The number of rotatable bonds is 3. The van der Waals surface area contributed by atoms with Crippen molar-refractivity contribution in [1.29, 1.82) is 0 Å². The number of thioether (sulfide) groups is 1. The third kappa shape index (κ3) is 2.67. The Labute approximate surface area is 96.1 Å². The quantitative estimate of drug-likeness (QED) is 0.801. The molecular weight excluding hydrogens is 210 g/mol. The molecule has 2 saturated heterocycles. The molecular formula is C11H21NO2S. The van der Waals surface area contributed by atoms with Crippen LogP contribution in [0.3, 0.4) is 0 Å². The number of hydrogen-bond donors (Lipinski definition) is 1. The maximum atomic E-state index is 6.01. The molecule has 0 aromatic rings. The van der Waals surface area contributed by atoms with Gasteiger partial charge in [-0.2, -0.15) is 11.8 Å². The van der Waals surface area contributed by atoms with Gasteiger partial charge in [0.15, 0.2) is 5.79 Å². The Balaban J connectivity index is 1.89. The zero-order valence-electron chi connectivity index (χ0n) is 9.41. The summed E-state index contributed by atoms with van der Waals surface area (Å²) in [6.07, 6.45) is 3.65. The summed E-state index contributed by atoms with van der Waals surface area (Å²) < 4.78 is 11.9. The van der Waals surface area contributed by atoms with Gasteiger partial charge in [0.05, 0.1) is 12.7 Å². The van der Waals surface area contributed by atoms with Crippen molar-refractivity contribution in [2.75, 3.05) is 24.7 Å². The molecule has 0 aliphatic carbocycles. The van der Waals surface area contributed by atoms with E-state index in [2.05, 4.69) is 6.92 Å². The van der Waals surface area contributed by atoms with Crippen molar-refractivity contribution in [3.63, 3.8) is 0 Å². The number of hydrogen-bond acceptors (Lipinski definition) is 4. The minimum atomic E-state index is -0.340. The van der Waals surface area contributed by atoms with Gasteiger partial charge in [-0.25, -0.2) is 0 Å². The Morgan fingerprint density at radius 1 is 1.53 bits per heavy atom. The largest absolute Gasteiger partial charge is 0.347 e. The minimum Gasteiger partial charge on any atom is -0.347 e. The molecule has 2 aliphatic rings. The van der Waals surface area contributed by atoms with Gasteiger partial charge in [-0.15, -0.1) is 0 Å². The standard InChI is InChI=1S/C11H21NO2S/c1-11(9-3-2-6-15-8-9)13-7-10(14-11)4-5-12/h9-10H,2-8,12H2,1H3. The summed E-state index contributed by atoms with van der Waals surface area (Å²) >= 11 is 2.02. The van der Waals surface area contributed by atoms with Crippen LogP contribution in [0.2, 0.25) is 0 Å². The average molecular weight is 231 g/mol. The van der Waals surface area contributed by atoms with E-state index in [0.29, 0.717) is 12.5 Å². The molecule has 2 N–H and O–H groups in total. The molecule has 2 rings (SSSR count). The van der Waals surface area contributed by atoms with Gasteiger partial charge in [-0.1, -0.05) is 0 Å². The van der Waals surface area contributed by atoms with Crippen LogP contribution in [-0.4, -0.2) is 36.5 Å². The summed E-state index contributed by atoms with van der Waals surface area (Å²) in [5.41, 5.74) is 5.54. The summed E-state index contributed by atoms with van der Waals surface area (Å²) in [7, 11) is 0. The molecule has 3 unspecified atom stereocenters. The molecule has 0 aromatic carbocycles. The van der Waals surface area contributed by atoms with Gasteiger partial charge >= 0.3 is 0 Å². The highest BCUT2D eigenvalue weighted by molar-refractivity contribution is 7.99. The first-order chi connectivity index (χ1) is 7.24. The Hall–Kier alpha value is 0.230. The zero-order valence-corrected chi connectivity index (χ0v) is 10.2. The van der Waals surface area contributed by atoms with E-state index in [-0.39, 0.29) is 11.9 Å². The molecule has 0 amide bonds. The maximum absolute atomic E-state index is 6.01. The van der Waals surface area contributed by atoms with Crippen molar-refractivity contribution in [3.8, 4) is 0 Å². The van der Waals surface area contributed by atoms with Crippen molar-refractivity contribution < 1.29 is 9.47 Å². The van der Waals surface area contributed by atoms with Gasteiger partial charge in [0.25, 0.3) is 0 Å². The topological polar surface area (TPSA) is 44.5 Å². The van der Waals surface area contributed by atoms with Crippen LogP contribution < -0.4 is 5.73 Å². The number of nitrogens with two attached hydrogens (primary N) is 1. The molecule has 2 fully saturated rings. The van der Waals surface area contributed by atoms with Crippen molar-refractivity contribution in [2.45, 2.75) is 38.1 Å². The fourth-order valence-electron chi connectivity index (χ4n) is 2.35. The van der Waals surface area contributed by atoms with E-state index >= 15 is 0 Å². The highest BCUT2D eigenvalue weighted by atomic mass is 32.2. The van der Waals surface area contributed by atoms with Gasteiger partial charge in [0.2, 0.25) is 0 Å². The Bertz CT molecular complexity index is 209. The molecule has 15 heavy (non-hydrogen) atoms. The molecule has 4 heteroatoms. The highest BCUT2D eigenvalue weighted by Gasteiger charge is 2.43. The van der Waals surface area contributed by atoms with Crippen molar-refractivity contribution in [2.24, 2.45) is 11.7 Å². The minimum absolute atomic E-state index is 0.215. The van der Waals surface area contributed by atoms with Gasteiger partial charge in [0.1, 0.15) is 0 Å². The first-order valence-corrected chi connectivity index (χ1v) is 6.99. The van der Waals surface area contributed by atoms with Crippen LogP contribution >= 0.6 is 11.8 Å². The second kappa shape index (κ2) is 5.04. The molecule has 3 atom stereocenters. The van der Waals surface area contributed by atoms with E-state index in [4.69, 9.17) is 15.2 Å². The molecule has 0 bridgehead atoms. The smallest absolute Gasteiger partial charge is 0.169 e. The van der Waals surface area contributed by atoms with E-state index in [9.17, 15) is 0 Å². The van der Waals surface area contributed by atoms with E-state index < -0.39 is 0 Å². The zero-order chi connectivity index (χ0) is 10.7. The number of ether oxygens (including phenoxy) is 2. The lowest BCUT2D eigenvalue weighted by molar-refractivity contribution is -0.188. The van der Waals surface area contributed by atoms with E-state index in [1.54, 1.807) is 0 Å². The molecule has 0 radical (unpaired) electrons. The average Bonchev–Trinajstić information content (AvgIpc) is 2.64. The normalized spacial score (nSPS) is 42.0. The van der Waals surface area contributed by atoms with Gasteiger partial charge < -0.3 is 15.2 Å². The summed E-state index contributed by atoms with van der Waals surface area (Å²) in [4.78, 5) is 0. The third-order valence-electron chi connectivity index (χ3n) is 3.35. The van der Waals surface area contributed by atoms with Crippen molar-refractivity contribution >= 4 is 11.8 Å². The summed E-state index contributed by atoms with van der Waals surface area (Å²) in [6.45, 7) is 3.50. The van der Waals surface area contributed by atoms with E-state index in [0.717, 1.165) is 13.0 Å². The Morgan fingerprint density at radius 3 is 3.07 bits per heavy atom. The van der Waals surface area contributed by atoms with E-state index in [1.165, 1.54) is 24.3 Å². The van der Waals surface area contributed by atoms with Crippen molar-refractivity contribution in [3.05, 3.63) is 0 Å². The Kier molecular flexibility index (Phi) is 3.93. The lowest BCUT2D eigenvalue weighted by Crippen LogP contribution is -2.39. The first kappa shape index (κ1) is 11.7. The van der Waals surface area contributed by atoms with Crippen molar-refractivity contribution in [1.82, 2.24) is 0 Å². The van der Waals surface area contributed by atoms with Crippen LogP contribution in [-0.2, 0) is 9.47 Å². The predicted octanol–water partition coefficient (Wildman–Crippen LogP) is 1.61. The molecule has 2 heterocycles. The Morgan fingerprint density at radius 2 is 2.40 bits per heavy atom. The summed E-state index contributed by atoms with van der Waals surface area (Å²) in [6, 6.07) is 0. The predicted molar refractivity (Wildman–Crippen MR) is 63.0 cm³/mol. The molecule has 0 aromatic heterocycles. The van der Waals surface area contributed by atoms with Crippen LogP contribution in [0.5, 0.6) is 0 Å². The maximum Gasteiger partial charge on any atom is 0.169 e. The van der Waals surface area contributed by atoms with Gasteiger partial charge in [-0.3, -0.25) is 0 Å². The third-order valence-corrected chi connectivity index (χ3v) is 4.56. The van der Waals surface area contributed by atoms with Crippen LogP contribution in [0.15, 0.2) is 0 Å². The highest BCUT2D eigenvalue weighted by Crippen LogP contribution is 2.38. The van der Waals surface area contributed by atoms with Gasteiger partial charge in [-0.05, 0) is 38.5 Å². The van der Waals surface area contributed by atoms with Gasteiger partial charge in [0, 0.05) is 11.7 Å². The van der Waals surface area contributed by atoms with Crippen LogP contribution in [0.4, 0.5) is 0 Å². The first-order valence-electron chi connectivity index (χ1n) is 5.84. The lowest BCUT2D eigenvalue weighted by atomic mass is 9.96. The molecule has 0 spiro atoms. The fourth-order valence-corrected chi connectivity index (χ4v) is 3.65. The molecule has 3 nitrogen and oxygen atoms in total. The molecule has 0 saturated carbocycles. The van der Waals surface area contributed by atoms with Crippen LogP contribution in [0, 0.1) is 5.92 Å². The lowest BCUT2D eigenvalue weighted by Gasteiger charge is -2.35. The second-order valence-electron chi connectivity index (χ2n) is 4.56. The summed E-state index contributed by atoms with van der Waals surface area (Å²) in [5.74, 6) is 2.68. The second-order valence-corrected chi connectivity index (χ2v) is 5.71. The monoisotopic (exact) mass is 231 g/mol. The SMILES string of the molecule is CC1(C2CCCSC2)OCC(CCN)O1. The van der Waals surface area contributed by atoms with Crippen LogP contribution in [0.1, 0.15) is 26.2 Å². The van der Waals surface area contributed by atoms with E-state index in [1.807, 2.05) is 11.8 Å². The fraction of sp³-hybridized carbons (Fsp3) is 1.00. The molecule has 88 valence electrons. The molecule has 2 aliphatic heterocycles. The summed E-state index contributed by atoms with van der Waals surface area (Å²) in [5, 5.41) is 0.